The van der Waals surface area contributed by atoms with Crippen LogP contribution < -0.4 is 0 Å². The topological polar surface area (TPSA) is 80.9 Å². The van der Waals surface area contributed by atoms with Crippen molar-refractivity contribution in [1.29, 1.82) is 0 Å². The molecule has 0 rings (SSSR count). The van der Waals surface area contributed by atoms with E-state index in [0.717, 1.165) is 0 Å². The Morgan fingerprint density at radius 2 is 1.86 bits per heavy atom. The van der Waals surface area contributed by atoms with Gasteiger partial charge in [0, 0.05) is 0 Å². The van der Waals surface area contributed by atoms with Crippen molar-refractivity contribution >= 4 is 0 Å². The van der Waals surface area contributed by atoms with Gasteiger partial charge in [0.1, 0.15) is 0 Å². The quantitative estimate of drug-likeness (QED) is 0.468. The molecule has 4 N–H and O–H groups in total. The molecule has 2 atom stereocenters. The molecular formula is C10H20O4. The fraction of sp³-hybridized carbons (Fsp3) is 0.800. The van der Waals surface area contributed by atoms with Gasteiger partial charge in [-0.05, 0) is 32.8 Å². The first kappa shape index (κ1) is 13.6. The standard InChI is InChI=1S/C10H20O4/c1-7(8(12)6-11)4-5-9(13)10(2,3)14/h4,8-9,11-14H,5-6H2,1-3H3. The maximum Gasteiger partial charge on any atom is 0.0978 e. The minimum absolute atomic E-state index is 0.256. The van der Waals surface area contributed by atoms with E-state index in [-0.39, 0.29) is 13.0 Å². The third-order valence-electron chi connectivity index (χ3n) is 2.18. The minimum Gasteiger partial charge on any atom is -0.393 e. The first-order chi connectivity index (χ1) is 6.29. The van der Waals surface area contributed by atoms with Crippen molar-refractivity contribution in [2.24, 2.45) is 0 Å². The van der Waals surface area contributed by atoms with Crippen molar-refractivity contribution in [3.63, 3.8) is 0 Å². The highest BCUT2D eigenvalue weighted by atomic mass is 16.3. The van der Waals surface area contributed by atoms with Gasteiger partial charge < -0.3 is 20.4 Å². The second kappa shape index (κ2) is 5.46. The van der Waals surface area contributed by atoms with Crippen LogP contribution in [0.15, 0.2) is 11.6 Å². The van der Waals surface area contributed by atoms with Gasteiger partial charge in [0.25, 0.3) is 0 Å². The average molecular weight is 204 g/mol. The van der Waals surface area contributed by atoms with E-state index in [1.54, 1.807) is 13.0 Å². The monoisotopic (exact) mass is 204 g/mol. The Morgan fingerprint density at radius 1 is 1.36 bits per heavy atom. The van der Waals surface area contributed by atoms with E-state index in [0.29, 0.717) is 5.57 Å². The molecule has 0 aromatic heterocycles. The maximum atomic E-state index is 9.45. The van der Waals surface area contributed by atoms with Crippen LogP contribution in [0.3, 0.4) is 0 Å². The summed E-state index contributed by atoms with van der Waals surface area (Å²) in [6.45, 7) is 4.37. The Labute approximate surface area is 84.5 Å². The van der Waals surface area contributed by atoms with E-state index in [2.05, 4.69) is 0 Å². The predicted molar refractivity (Wildman–Crippen MR) is 53.8 cm³/mol. The molecular weight excluding hydrogens is 184 g/mol. The summed E-state index contributed by atoms with van der Waals surface area (Å²) in [5.41, 5.74) is -0.559. The van der Waals surface area contributed by atoms with Crippen LogP contribution in [0.4, 0.5) is 0 Å². The normalized spacial score (nSPS) is 18.1. The third-order valence-corrected chi connectivity index (χ3v) is 2.18. The molecule has 14 heavy (non-hydrogen) atoms. The van der Waals surface area contributed by atoms with Gasteiger partial charge in [-0.2, -0.15) is 0 Å². The molecule has 0 aromatic rings. The fourth-order valence-corrected chi connectivity index (χ4v) is 0.866. The van der Waals surface area contributed by atoms with Crippen molar-refractivity contribution in [1.82, 2.24) is 0 Å². The van der Waals surface area contributed by atoms with Gasteiger partial charge in [0.05, 0.1) is 24.4 Å². The average Bonchev–Trinajstić information content (AvgIpc) is 2.10. The molecule has 0 aliphatic carbocycles. The summed E-state index contributed by atoms with van der Waals surface area (Å²) in [5, 5.41) is 36.7. The molecule has 4 heteroatoms. The van der Waals surface area contributed by atoms with Crippen LogP contribution in [0.1, 0.15) is 27.2 Å². The Bertz CT molecular complexity index is 193. The summed E-state index contributed by atoms with van der Waals surface area (Å²) in [7, 11) is 0. The molecule has 4 nitrogen and oxygen atoms in total. The second-order valence-corrected chi connectivity index (χ2v) is 4.05. The van der Waals surface area contributed by atoms with E-state index in [4.69, 9.17) is 5.11 Å². The maximum absolute atomic E-state index is 9.45. The Balaban J connectivity index is 4.16. The second-order valence-electron chi connectivity index (χ2n) is 4.05. The zero-order valence-electron chi connectivity index (χ0n) is 8.94. The minimum atomic E-state index is -1.15. The first-order valence-electron chi connectivity index (χ1n) is 4.65. The predicted octanol–water partition coefficient (Wildman–Crippen LogP) is -0.192. The van der Waals surface area contributed by atoms with Crippen LogP contribution in [0, 0.1) is 0 Å². The number of hydrogen-bond acceptors (Lipinski definition) is 4. The molecule has 0 heterocycles. The summed E-state index contributed by atoms with van der Waals surface area (Å²) in [6, 6.07) is 0. The van der Waals surface area contributed by atoms with E-state index in [1.165, 1.54) is 13.8 Å². The molecule has 0 fully saturated rings. The molecule has 0 saturated heterocycles. The number of hydrogen-bond donors (Lipinski definition) is 4. The molecule has 0 bridgehead atoms. The van der Waals surface area contributed by atoms with Crippen LogP contribution in [-0.4, -0.2) is 44.8 Å². The number of aliphatic hydroxyl groups excluding tert-OH is 3. The number of rotatable bonds is 5. The molecule has 0 saturated carbocycles. The molecule has 0 radical (unpaired) electrons. The lowest BCUT2D eigenvalue weighted by Crippen LogP contribution is -2.35. The zero-order valence-corrected chi connectivity index (χ0v) is 8.94. The van der Waals surface area contributed by atoms with Gasteiger partial charge in [-0.15, -0.1) is 0 Å². The lowest BCUT2D eigenvalue weighted by molar-refractivity contribution is -0.0458. The zero-order chi connectivity index (χ0) is 11.4. The van der Waals surface area contributed by atoms with Crippen molar-refractivity contribution in [2.45, 2.75) is 45.0 Å². The number of aliphatic hydroxyl groups is 4. The highest BCUT2D eigenvalue weighted by Crippen LogP contribution is 2.14. The first-order valence-corrected chi connectivity index (χ1v) is 4.65. The van der Waals surface area contributed by atoms with E-state index in [1.807, 2.05) is 0 Å². The molecule has 0 aliphatic rings. The Morgan fingerprint density at radius 3 is 2.21 bits per heavy atom. The van der Waals surface area contributed by atoms with E-state index >= 15 is 0 Å². The largest absolute Gasteiger partial charge is 0.393 e. The molecule has 84 valence electrons. The lowest BCUT2D eigenvalue weighted by atomic mass is 9.97. The van der Waals surface area contributed by atoms with Gasteiger partial charge in [-0.3, -0.25) is 0 Å². The van der Waals surface area contributed by atoms with Crippen LogP contribution in [-0.2, 0) is 0 Å². The van der Waals surface area contributed by atoms with Crippen molar-refractivity contribution in [2.75, 3.05) is 6.61 Å². The van der Waals surface area contributed by atoms with E-state index < -0.39 is 17.8 Å². The van der Waals surface area contributed by atoms with Crippen LogP contribution >= 0.6 is 0 Å². The van der Waals surface area contributed by atoms with Crippen LogP contribution in [0.5, 0.6) is 0 Å². The molecule has 0 amide bonds. The summed E-state index contributed by atoms with van der Waals surface area (Å²) < 4.78 is 0. The lowest BCUT2D eigenvalue weighted by Gasteiger charge is -2.23. The Kier molecular flexibility index (Phi) is 5.29. The summed E-state index contributed by atoms with van der Waals surface area (Å²) >= 11 is 0. The summed E-state index contributed by atoms with van der Waals surface area (Å²) in [5.74, 6) is 0. The molecule has 0 aliphatic heterocycles. The molecule has 0 spiro atoms. The van der Waals surface area contributed by atoms with Gasteiger partial charge in [-0.25, -0.2) is 0 Å². The van der Waals surface area contributed by atoms with Gasteiger partial charge >= 0.3 is 0 Å². The van der Waals surface area contributed by atoms with Gasteiger partial charge in [-0.1, -0.05) is 6.08 Å². The third kappa shape index (κ3) is 4.72. The summed E-state index contributed by atoms with van der Waals surface area (Å²) in [4.78, 5) is 0. The highest BCUT2D eigenvalue weighted by Gasteiger charge is 2.23. The van der Waals surface area contributed by atoms with Crippen LogP contribution in [0.25, 0.3) is 0 Å². The van der Waals surface area contributed by atoms with Crippen molar-refractivity contribution in [3.8, 4) is 0 Å². The molecule has 2 unspecified atom stereocenters. The van der Waals surface area contributed by atoms with Crippen LogP contribution in [0.2, 0.25) is 0 Å². The smallest absolute Gasteiger partial charge is 0.0978 e. The van der Waals surface area contributed by atoms with Gasteiger partial charge in [0.2, 0.25) is 0 Å². The van der Waals surface area contributed by atoms with Crippen molar-refractivity contribution < 1.29 is 20.4 Å². The van der Waals surface area contributed by atoms with Gasteiger partial charge in [0.15, 0.2) is 0 Å². The van der Waals surface area contributed by atoms with E-state index in [9.17, 15) is 15.3 Å². The fourth-order valence-electron chi connectivity index (χ4n) is 0.866. The highest BCUT2D eigenvalue weighted by molar-refractivity contribution is 5.05. The Hall–Kier alpha value is -0.420. The SMILES string of the molecule is CC(=CCC(O)C(C)(C)O)C(O)CO. The summed E-state index contributed by atoms with van der Waals surface area (Å²) in [6.07, 6.45) is 0.114. The van der Waals surface area contributed by atoms with Crippen molar-refractivity contribution in [3.05, 3.63) is 11.6 Å². The molecule has 0 aromatic carbocycles.